The highest BCUT2D eigenvalue weighted by Gasteiger charge is 2.18. The topological polar surface area (TPSA) is 165 Å². The lowest BCUT2D eigenvalue weighted by Crippen LogP contribution is -2.32. The first-order chi connectivity index (χ1) is 21.6. The highest BCUT2D eigenvalue weighted by atomic mass is 16.3. The Balaban J connectivity index is 1.49. The van der Waals surface area contributed by atoms with Crippen LogP contribution < -0.4 is 10.6 Å². The molecule has 1 aromatic heterocycles. The van der Waals surface area contributed by atoms with Crippen LogP contribution in [0, 0.1) is 13.8 Å². The molecule has 0 radical (unpaired) electrons. The van der Waals surface area contributed by atoms with Gasteiger partial charge in [0.1, 0.15) is 24.0 Å². The predicted molar refractivity (Wildman–Crippen MR) is 172 cm³/mol. The van der Waals surface area contributed by atoms with Crippen molar-refractivity contribution >= 4 is 0 Å². The molecule has 2 heterocycles. The van der Waals surface area contributed by atoms with Gasteiger partial charge in [-0.1, -0.05) is 41.5 Å². The fourth-order valence-corrected chi connectivity index (χ4v) is 5.86. The van der Waals surface area contributed by atoms with Gasteiger partial charge >= 0.3 is 0 Å². The second kappa shape index (κ2) is 17.0. The minimum Gasteiger partial charge on any atom is -0.507 e. The van der Waals surface area contributed by atoms with Crippen LogP contribution in [0.15, 0.2) is 42.5 Å². The normalized spacial score (nSPS) is 16.6. The maximum absolute atomic E-state index is 11.1. The average molecular weight is 624 g/mol. The molecule has 11 nitrogen and oxygen atoms in total. The van der Waals surface area contributed by atoms with Gasteiger partial charge in [-0.3, -0.25) is 25.4 Å². The number of benzene rings is 2. The summed E-state index contributed by atoms with van der Waals surface area (Å²) in [6.45, 7) is 7.85. The molecule has 0 amide bonds. The van der Waals surface area contributed by atoms with Crippen molar-refractivity contribution < 1.29 is 30.6 Å². The summed E-state index contributed by atoms with van der Waals surface area (Å²) >= 11 is 0. The van der Waals surface area contributed by atoms with E-state index in [0.29, 0.717) is 30.8 Å². The zero-order valence-electron chi connectivity index (χ0n) is 26.4. The molecule has 2 bridgehead atoms. The van der Waals surface area contributed by atoms with Crippen LogP contribution in [0.5, 0.6) is 11.5 Å². The number of rotatable bonds is 12. The molecular formula is C34H49N5O6. The molecule has 3 aromatic rings. The number of aliphatic hydroxyl groups excluding tert-OH is 4. The first-order valence-electron chi connectivity index (χ1n) is 15.7. The lowest BCUT2D eigenvalue weighted by molar-refractivity contribution is 0.0663. The number of nitrogens with zero attached hydrogens (tertiary/aromatic N) is 3. The van der Waals surface area contributed by atoms with Gasteiger partial charge in [0.05, 0.1) is 18.9 Å². The summed E-state index contributed by atoms with van der Waals surface area (Å²) in [5.74, 6) is 0.393. The van der Waals surface area contributed by atoms with E-state index in [2.05, 4.69) is 20.4 Å². The Bertz CT molecular complexity index is 1390. The third-order valence-corrected chi connectivity index (χ3v) is 8.15. The Hall–Kier alpha value is -3.13. The molecule has 8 N–H and O–H groups in total. The number of hydrogen-bond donors (Lipinski definition) is 8. The Labute approximate surface area is 265 Å². The number of phenolic OH excluding ortho intramolecular Hbond substituents is 2. The van der Waals surface area contributed by atoms with E-state index in [-0.39, 0.29) is 24.6 Å². The van der Waals surface area contributed by atoms with E-state index in [9.17, 15) is 20.4 Å². The first-order valence-corrected chi connectivity index (χ1v) is 15.7. The lowest BCUT2D eigenvalue weighted by Gasteiger charge is -2.27. The fourth-order valence-electron chi connectivity index (χ4n) is 5.86. The number of phenols is 2. The zero-order valence-corrected chi connectivity index (χ0v) is 26.4. The Morgan fingerprint density at radius 1 is 0.711 bits per heavy atom. The van der Waals surface area contributed by atoms with Crippen LogP contribution in [-0.2, 0) is 39.1 Å². The van der Waals surface area contributed by atoms with Gasteiger partial charge in [-0.25, -0.2) is 0 Å². The molecule has 0 saturated heterocycles. The van der Waals surface area contributed by atoms with Gasteiger partial charge in [-0.2, -0.15) is 0 Å². The smallest absolute Gasteiger partial charge is 0.128 e. The number of fused-ring (bicyclic) bond motifs is 2. The quantitative estimate of drug-likeness (QED) is 0.139. The average Bonchev–Trinajstić information content (AvgIpc) is 3.02. The minimum absolute atomic E-state index is 0.190. The van der Waals surface area contributed by atoms with Gasteiger partial charge in [0.15, 0.2) is 0 Å². The van der Waals surface area contributed by atoms with Crippen LogP contribution in [0.25, 0.3) is 0 Å². The maximum atomic E-state index is 11.1. The van der Waals surface area contributed by atoms with Crippen LogP contribution in [0.2, 0.25) is 0 Å². The first kappa shape index (κ1) is 34.7. The van der Waals surface area contributed by atoms with Crippen LogP contribution in [0.3, 0.4) is 0 Å². The van der Waals surface area contributed by atoms with E-state index in [4.69, 9.17) is 15.2 Å². The van der Waals surface area contributed by atoms with Crippen molar-refractivity contribution in [1.82, 2.24) is 25.4 Å². The molecular weight excluding hydrogens is 574 g/mol. The van der Waals surface area contributed by atoms with Crippen LogP contribution >= 0.6 is 0 Å². The SMILES string of the molecule is Cc1cc(CNC(O)CO)c(O)c(CN2CCCCN(Cc3cc(C)cc(CNC(O)CO)c3O)Cc3cccc(n3)CC2)c1. The minimum atomic E-state index is -1.05. The van der Waals surface area contributed by atoms with Gasteiger partial charge in [0, 0.05) is 73.6 Å². The molecule has 4 rings (SSSR count). The summed E-state index contributed by atoms with van der Waals surface area (Å²) in [5.41, 5.74) is 6.98. The van der Waals surface area contributed by atoms with E-state index in [0.717, 1.165) is 72.5 Å². The Morgan fingerprint density at radius 2 is 1.20 bits per heavy atom. The largest absolute Gasteiger partial charge is 0.507 e. The Kier molecular flexibility index (Phi) is 13.1. The third-order valence-electron chi connectivity index (χ3n) is 8.15. The summed E-state index contributed by atoms with van der Waals surface area (Å²) in [5, 5.41) is 65.5. The summed E-state index contributed by atoms with van der Waals surface area (Å²) in [6, 6.07) is 13.9. The summed E-state index contributed by atoms with van der Waals surface area (Å²) < 4.78 is 0. The van der Waals surface area contributed by atoms with Crippen LogP contribution in [0.1, 0.15) is 57.6 Å². The molecule has 246 valence electrons. The van der Waals surface area contributed by atoms with Gasteiger partial charge in [-0.15, -0.1) is 0 Å². The molecule has 1 aliphatic rings. The second-order valence-corrected chi connectivity index (χ2v) is 12.1. The van der Waals surface area contributed by atoms with Gasteiger partial charge in [-0.05, 0) is 51.9 Å². The highest BCUT2D eigenvalue weighted by Crippen LogP contribution is 2.28. The summed E-state index contributed by atoms with van der Waals surface area (Å²) in [6.07, 6.45) is 0.558. The highest BCUT2D eigenvalue weighted by molar-refractivity contribution is 5.44. The second-order valence-electron chi connectivity index (χ2n) is 12.1. The number of aliphatic hydroxyl groups is 4. The van der Waals surface area contributed by atoms with Crippen molar-refractivity contribution in [2.24, 2.45) is 0 Å². The molecule has 0 saturated carbocycles. The van der Waals surface area contributed by atoms with Crippen LogP contribution in [-0.4, -0.2) is 90.7 Å². The van der Waals surface area contributed by atoms with Gasteiger partial charge in [0.2, 0.25) is 0 Å². The van der Waals surface area contributed by atoms with E-state index in [1.165, 1.54) is 0 Å². The molecule has 1 aliphatic heterocycles. The molecule has 0 aliphatic carbocycles. The van der Waals surface area contributed by atoms with Crippen LogP contribution in [0.4, 0.5) is 0 Å². The maximum Gasteiger partial charge on any atom is 0.128 e. The van der Waals surface area contributed by atoms with Gasteiger partial charge in [0.25, 0.3) is 0 Å². The van der Waals surface area contributed by atoms with Crippen molar-refractivity contribution in [3.8, 4) is 11.5 Å². The third kappa shape index (κ3) is 10.5. The molecule has 0 fully saturated rings. The number of nitrogens with one attached hydrogen (secondary N) is 2. The number of aromatic hydroxyl groups is 2. The van der Waals surface area contributed by atoms with E-state index in [1.54, 1.807) is 0 Å². The fraction of sp³-hybridized carbons (Fsp3) is 0.500. The van der Waals surface area contributed by atoms with E-state index >= 15 is 0 Å². The predicted octanol–water partition coefficient (Wildman–Crippen LogP) is 1.75. The lowest BCUT2D eigenvalue weighted by atomic mass is 10.0. The standard InChI is InChI=1S/C34H49N5O6/c1-23-12-25(16-35-31(42)21-40)33(44)27(14-23)18-38-9-3-4-10-39(20-30-7-5-6-29(37-30)8-11-38)19-28-15-24(2)13-26(34(28)45)17-36-32(43)22-41/h5-7,12-15,31-32,35-36,40-45H,3-4,8-11,16-22H2,1-2H3. The molecule has 2 aromatic carbocycles. The number of aryl methyl sites for hydroxylation is 2. The van der Waals surface area contributed by atoms with Gasteiger partial charge < -0.3 is 30.6 Å². The monoisotopic (exact) mass is 623 g/mol. The molecule has 2 atom stereocenters. The summed E-state index contributed by atoms with van der Waals surface area (Å²) in [4.78, 5) is 9.61. The number of hydrogen-bond acceptors (Lipinski definition) is 11. The number of aromatic nitrogens is 1. The summed E-state index contributed by atoms with van der Waals surface area (Å²) in [7, 11) is 0. The molecule has 0 spiro atoms. The van der Waals surface area contributed by atoms with Crippen molar-refractivity contribution in [2.45, 2.75) is 78.3 Å². The molecule has 2 unspecified atom stereocenters. The van der Waals surface area contributed by atoms with Crippen molar-refractivity contribution in [3.63, 3.8) is 0 Å². The Morgan fingerprint density at radius 3 is 1.76 bits per heavy atom. The molecule has 11 heteroatoms. The van der Waals surface area contributed by atoms with Crippen molar-refractivity contribution in [1.29, 1.82) is 0 Å². The van der Waals surface area contributed by atoms with Crippen molar-refractivity contribution in [3.05, 3.63) is 87.2 Å². The number of pyridine rings is 1. The van der Waals surface area contributed by atoms with E-state index < -0.39 is 25.7 Å². The zero-order chi connectivity index (χ0) is 32.3. The van der Waals surface area contributed by atoms with E-state index in [1.807, 2.05) is 56.3 Å². The van der Waals surface area contributed by atoms with Crippen molar-refractivity contribution in [2.75, 3.05) is 32.8 Å². The molecule has 45 heavy (non-hydrogen) atoms.